The minimum atomic E-state index is 0.108. The molecule has 2 aromatic rings. The summed E-state index contributed by atoms with van der Waals surface area (Å²) in [6, 6.07) is 13.0. The van der Waals surface area contributed by atoms with Gasteiger partial charge in [-0.05, 0) is 23.6 Å². The van der Waals surface area contributed by atoms with E-state index in [2.05, 4.69) is 34.1 Å². The molecule has 4 aliphatic heterocycles. The maximum atomic E-state index is 13.0. The van der Waals surface area contributed by atoms with Crippen LogP contribution in [-0.2, 0) is 22.4 Å². The Labute approximate surface area is 188 Å². The summed E-state index contributed by atoms with van der Waals surface area (Å²) in [5, 5.41) is 0. The highest BCUT2D eigenvalue weighted by Crippen LogP contribution is 2.50. The highest BCUT2D eigenvalue weighted by atomic mass is 16.5. The summed E-state index contributed by atoms with van der Waals surface area (Å²) >= 11 is 0. The van der Waals surface area contributed by atoms with Gasteiger partial charge in [-0.15, -0.1) is 0 Å². The van der Waals surface area contributed by atoms with Gasteiger partial charge in [0, 0.05) is 63.5 Å². The molecule has 0 spiro atoms. The second-order valence-corrected chi connectivity index (χ2v) is 9.50. The van der Waals surface area contributed by atoms with Gasteiger partial charge >= 0.3 is 0 Å². The zero-order valence-electron chi connectivity index (χ0n) is 18.5. The summed E-state index contributed by atoms with van der Waals surface area (Å²) in [5.74, 6) is 1.68. The van der Waals surface area contributed by atoms with E-state index in [9.17, 15) is 9.59 Å². The molecule has 2 atom stereocenters. The molecule has 1 fully saturated rings. The number of likely N-dealkylation sites (tertiary alicyclic amines) is 1. The lowest BCUT2D eigenvalue weighted by atomic mass is 9.88. The minimum absolute atomic E-state index is 0.108. The first kappa shape index (κ1) is 19.8. The average Bonchev–Trinajstić information content (AvgIpc) is 3.39. The van der Waals surface area contributed by atoms with Gasteiger partial charge in [-0.2, -0.15) is 0 Å². The normalized spacial score (nSPS) is 23.4. The van der Waals surface area contributed by atoms with Crippen molar-refractivity contribution in [2.45, 2.75) is 38.1 Å². The minimum Gasteiger partial charge on any atom is -0.493 e. The van der Waals surface area contributed by atoms with Gasteiger partial charge in [0.15, 0.2) is 5.78 Å². The van der Waals surface area contributed by atoms with Gasteiger partial charge in [-0.25, -0.2) is 0 Å². The van der Waals surface area contributed by atoms with Crippen LogP contribution in [0.1, 0.15) is 36.0 Å². The zero-order chi connectivity index (χ0) is 21.8. The van der Waals surface area contributed by atoms with Crippen molar-refractivity contribution in [2.75, 3.05) is 49.1 Å². The predicted molar refractivity (Wildman–Crippen MR) is 124 cm³/mol. The third-order valence-electron chi connectivity index (χ3n) is 7.61. The standard InChI is InChI=1S/C26H29N3O3/c1-17(30)28-11-12-29-23-8-10-27(16-22(23)21-6-3-7-24(28)25(21)29)15-20(31)14-19-5-2-4-18-9-13-32-26(18)19/h2-7,22-23H,8-16H2,1H3/t22-,23-/m0/s1. The number of nitrogens with zero attached hydrogens (tertiary/aromatic N) is 3. The molecule has 4 aliphatic rings. The van der Waals surface area contributed by atoms with Crippen LogP contribution in [-0.4, -0.2) is 62.0 Å². The molecule has 0 aromatic heterocycles. The Balaban J connectivity index is 1.18. The summed E-state index contributed by atoms with van der Waals surface area (Å²) in [4.78, 5) is 31.9. The predicted octanol–water partition coefficient (Wildman–Crippen LogP) is 2.78. The lowest BCUT2D eigenvalue weighted by Crippen LogP contribution is -2.51. The SMILES string of the molecule is CC(=O)N1CCN2c3c(cccc31)[C@@H]1CN(CC(=O)Cc3cccc4c3OCC4)CC[C@@H]12. The van der Waals surface area contributed by atoms with E-state index in [0.29, 0.717) is 31.5 Å². The smallest absolute Gasteiger partial charge is 0.223 e. The highest BCUT2D eigenvalue weighted by Gasteiger charge is 2.45. The van der Waals surface area contributed by atoms with Crippen molar-refractivity contribution >= 4 is 23.1 Å². The Bertz CT molecular complexity index is 1100. The summed E-state index contributed by atoms with van der Waals surface area (Å²) < 4.78 is 5.78. The van der Waals surface area contributed by atoms with E-state index < -0.39 is 0 Å². The van der Waals surface area contributed by atoms with Crippen LogP contribution in [0, 0.1) is 0 Å². The van der Waals surface area contributed by atoms with Crippen LogP contribution >= 0.6 is 0 Å². The number of benzene rings is 2. The molecule has 0 radical (unpaired) electrons. The highest BCUT2D eigenvalue weighted by molar-refractivity contribution is 5.98. The number of fused-ring (bicyclic) bond motifs is 4. The molecule has 0 N–H and O–H groups in total. The maximum Gasteiger partial charge on any atom is 0.223 e. The monoisotopic (exact) mass is 431 g/mol. The number of carbonyl (C=O) groups excluding carboxylic acids is 2. The summed E-state index contributed by atoms with van der Waals surface area (Å²) in [5.41, 5.74) is 5.88. The molecule has 166 valence electrons. The van der Waals surface area contributed by atoms with Crippen LogP contribution in [0.5, 0.6) is 5.75 Å². The summed E-state index contributed by atoms with van der Waals surface area (Å²) in [6.45, 7) is 6.33. The fraction of sp³-hybridized carbons (Fsp3) is 0.462. The lowest BCUT2D eigenvalue weighted by Gasteiger charge is -2.41. The number of hydrogen-bond donors (Lipinski definition) is 0. The molecule has 4 heterocycles. The van der Waals surface area contributed by atoms with E-state index in [4.69, 9.17) is 4.74 Å². The van der Waals surface area contributed by atoms with Crippen LogP contribution in [0.25, 0.3) is 0 Å². The van der Waals surface area contributed by atoms with Gasteiger partial charge in [0.25, 0.3) is 0 Å². The Morgan fingerprint density at radius 1 is 1.09 bits per heavy atom. The topological polar surface area (TPSA) is 53.1 Å². The molecule has 6 heteroatoms. The van der Waals surface area contributed by atoms with Crippen molar-refractivity contribution < 1.29 is 14.3 Å². The molecule has 1 saturated heterocycles. The molecule has 0 aliphatic carbocycles. The number of piperidine rings is 1. The maximum absolute atomic E-state index is 13.0. The third kappa shape index (κ3) is 3.12. The van der Waals surface area contributed by atoms with Gasteiger partial charge in [-0.3, -0.25) is 14.5 Å². The van der Waals surface area contributed by atoms with Gasteiger partial charge in [0.1, 0.15) is 5.75 Å². The third-order valence-corrected chi connectivity index (χ3v) is 7.61. The average molecular weight is 432 g/mol. The van der Waals surface area contributed by atoms with Crippen molar-refractivity contribution in [1.29, 1.82) is 0 Å². The number of rotatable bonds is 4. The van der Waals surface area contributed by atoms with Crippen LogP contribution < -0.4 is 14.5 Å². The van der Waals surface area contributed by atoms with Gasteiger partial charge in [-0.1, -0.05) is 30.3 Å². The van der Waals surface area contributed by atoms with E-state index in [0.717, 1.165) is 56.0 Å². The molecule has 0 bridgehead atoms. The van der Waals surface area contributed by atoms with E-state index in [1.165, 1.54) is 16.8 Å². The quantitative estimate of drug-likeness (QED) is 0.745. The Morgan fingerprint density at radius 2 is 1.97 bits per heavy atom. The second-order valence-electron chi connectivity index (χ2n) is 9.50. The first-order valence-electron chi connectivity index (χ1n) is 11.8. The van der Waals surface area contributed by atoms with Gasteiger partial charge < -0.3 is 14.5 Å². The van der Waals surface area contributed by atoms with Crippen molar-refractivity contribution in [2.24, 2.45) is 0 Å². The number of amides is 1. The van der Waals surface area contributed by atoms with Crippen LogP contribution in [0.4, 0.5) is 11.4 Å². The molecular formula is C26H29N3O3. The second kappa shape index (κ2) is 7.62. The number of ketones is 1. The zero-order valence-corrected chi connectivity index (χ0v) is 18.5. The van der Waals surface area contributed by atoms with Crippen molar-refractivity contribution in [1.82, 2.24) is 4.90 Å². The largest absolute Gasteiger partial charge is 0.493 e. The fourth-order valence-electron chi connectivity index (χ4n) is 6.25. The molecule has 0 saturated carbocycles. The molecule has 6 nitrogen and oxygen atoms in total. The van der Waals surface area contributed by atoms with E-state index in [1.807, 2.05) is 17.0 Å². The summed E-state index contributed by atoms with van der Waals surface area (Å²) in [7, 11) is 0. The Kier molecular flexibility index (Phi) is 4.72. The van der Waals surface area contributed by atoms with Crippen molar-refractivity contribution in [3.05, 3.63) is 53.1 Å². The van der Waals surface area contributed by atoms with Gasteiger partial charge in [0.05, 0.1) is 24.5 Å². The lowest BCUT2D eigenvalue weighted by molar-refractivity contribution is -0.120. The number of para-hydroxylation sites is 2. The van der Waals surface area contributed by atoms with E-state index >= 15 is 0 Å². The Morgan fingerprint density at radius 3 is 2.84 bits per heavy atom. The van der Waals surface area contributed by atoms with Crippen LogP contribution in [0.15, 0.2) is 36.4 Å². The number of carbonyl (C=O) groups is 2. The van der Waals surface area contributed by atoms with Gasteiger partial charge in [0.2, 0.25) is 5.91 Å². The molecule has 6 rings (SSSR count). The van der Waals surface area contributed by atoms with E-state index in [1.54, 1.807) is 6.92 Å². The molecular weight excluding hydrogens is 402 g/mol. The first-order chi connectivity index (χ1) is 15.6. The van der Waals surface area contributed by atoms with Crippen molar-refractivity contribution in [3.63, 3.8) is 0 Å². The fourth-order valence-corrected chi connectivity index (χ4v) is 6.25. The first-order valence-corrected chi connectivity index (χ1v) is 11.8. The molecule has 0 unspecified atom stereocenters. The van der Waals surface area contributed by atoms with E-state index in [-0.39, 0.29) is 11.7 Å². The van der Waals surface area contributed by atoms with Crippen LogP contribution in [0.3, 0.4) is 0 Å². The number of Topliss-reactive ketones (excluding diaryl/α,β-unsaturated/α-hetero) is 1. The summed E-state index contributed by atoms with van der Waals surface area (Å²) in [6.07, 6.45) is 2.43. The van der Waals surface area contributed by atoms with Crippen molar-refractivity contribution in [3.8, 4) is 5.75 Å². The molecule has 1 amide bonds. The molecule has 32 heavy (non-hydrogen) atoms. The number of anilines is 2. The molecule has 2 aromatic carbocycles. The van der Waals surface area contributed by atoms with Crippen LogP contribution in [0.2, 0.25) is 0 Å². The number of ether oxygens (including phenoxy) is 1. The Hall–Kier alpha value is -2.86. The number of hydrogen-bond acceptors (Lipinski definition) is 5.